The molecule has 1 heterocycles. The molecule has 0 fully saturated rings. The number of carbonyl (C=O) groups excluding carboxylic acids is 2. The molecule has 1 N–H and O–H groups in total. The topological polar surface area (TPSA) is 115 Å². The maximum Gasteiger partial charge on any atom is 0.341 e. The summed E-state index contributed by atoms with van der Waals surface area (Å²) < 4.78 is 6.10. The molecule has 0 unspecified atom stereocenters. The third kappa shape index (κ3) is 4.66. The van der Waals surface area contributed by atoms with E-state index in [2.05, 4.69) is 10.3 Å². The number of ether oxygens (including phenoxy) is 1. The molecule has 1 aromatic heterocycles. The van der Waals surface area contributed by atoms with Crippen molar-refractivity contribution in [1.82, 2.24) is 9.88 Å². The summed E-state index contributed by atoms with van der Waals surface area (Å²) in [5, 5.41) is 14.5. The summed E-state index contributed by atoms with van der Waals surface area (Å²) in [5.74, 6) is -1.23. The van der Waals surface area contributed by atoms with Gasteiger partial charge in [-0.1, -0.05) is 12.1 Å². The van der Waals surface area contributed by atoms with E-state index in [1.165, 1.54) is 28.4 Å². The van der Waals surface area contributed by atoms with Gasteiger partial charge in [0.1, 0.15) is 5.01 Å². The Hall–Kier alpha value is -3.53. The van der Waals surface area contributed by atoms with E-state index in [-0.39, 0.29) is 17.8 Å². The van der Waals surface area contributed by atoms with Crippen molar-refractivity contribution in [1.29, 1.82) is 0 Å². The second kappa shape index (κ2) is 8.65. The van der Waals surface area contributed by atoms with Gasteiger partial charge < -0.3 is 15.0 Å². The van der Waals surface area contributed by atoms with Crippen LogP contribution in [0.5, 0.6) is 0 Å². The molecule has 0 spiro atoms. The minimum absolute atomic E-state index is 0.0108. The van der Waals surface area contributed by atoms with Crippen molar-refractivity contribution in [2.75, 3.05) is 26.0 Å². The van der Waals surface area contributed by atoms with Crippen LogP contribution in [0.4, 0.5) is 11.4 Å². The van der Waals surface area contributed by atoms with Gasteiger partial charge in [0.25, 0.3) is 11.6 Å². The van der Waals surface area contributed by atoms with E-state index < -0.39 is 23.4 Å². The molecule has 0 saturated heterocycles. The molecule has 10 heteroatoms. The van der Waals surface area contributed by atoms with E-state index in [9.17, 15) is 19.7 Å². The lowest BCUT2D eigenvalue weighted by Gasteiger charge is -2.16. The van der Waals surface area contributed by atoms with Gasteiger partial charge in [-0.05, 0) is 18.2 Å². The predicted molar refractivity (Wildman–Crippen MR) is 109 cm³/mol. The molecule has 0 aliphatic carbocycles. The number of nitrogens with zero attached hydrogens (tertiary/aromatic N) is 3. The van der Waals surface area contributed by atoms with E-state index in [0.29, 0.717) is 5.69 Å². The van der Waals surface area contributed by atoms with Gasteiger partial charge >= 0.3 is 5.97 Å². The number of nitro groups is 1. The first kappa shape index (κ1) is 20.2. The van der Waals surface area contributed by atoms with Crippen molar-refractivity contribution >= 4 is 44.8 Å². The number of aromatic nitrogens is 1. The SMILES string of the molecule is CNc1ccc([N+](=O)[O-])cc1C(=O)OCC(=O)N(C)Cc1nc2ccccc2s1. The predicted octanol–water partition coefficient (Wildman–Crippen LogP) is 3.06. The largest absolute Gasteiger partial charge is 0.452 e. The van der Waals surface area contributed by atoms with Crippen LogP contribution in [0.3, 0.4) is 0 Å². The Morgan fingerprint density at radius 3 is 2.72 bits per heavy atom. The van der Waals surface area contributed by atoms with Gasteiger partial charge in [-0.15, -0.1) is 11.3 Å². The number of amides is 1. The number of nitrogens with one attached hydrogen (secondary N) is 1. The number of benzene rings is 2. The zero-order valence-electron chi connectivity index (χ0n) is 15.7. The highest BCUT2D eigenvalue weighted by Gasteiger charge is 2.20. The first-order chi connectivity index (χ1) is 13.9. The van der Waals surface area contributed by atoms with E-state index in [4.69, 9.17) is 4.74 Å². The summed E-state index contributed by atoms with van der Waals surface area (Å²) in [6.45, 7) is -0.194. The highest BCUT2D eigenvalue weighted by atomic mass is 32.1. The van der Waals surface area contributed by atoms with Crippen molar-refractivity contribution in [2.45, 2.75) is 6.54 Å². The number of fused-ring (bicyclic) bond motifs is 1. The second-order valence-electron chi connectivity index (χ2n) is 6.14. The summed E-state index contributed by atoms with van der Waals surface area (Å²) in [7, 11) is 3.17. The average molecular weight is 414 g/mol. The van der Waals surface area contributed by atoms with Crippen molar-refractivity contribution < 1.29 is 19.2 Å². The molecule has 1 amide bonds. The molecule has 29 heavy (non-hydrogen) atoms. The number of para-hydroxylation sites is 1. The van der Waals surface area contributed by atoms with Crippen LogP contribution in [-0.2, 0) is 16.1 Å². The van der Waals surface area contributed by atoms with Crippen LogP contribution in [0.25, 0.3) is 10.2 Å². The number of nitro benzene ring substituents is 1. The summed E-state index contributed by atoms with van der Waals surface area (Å²) in [4.78, 5) is 40.9. The number of thiazole rings is 1. The van der Waals surface area contributed by atoms with Crippen molar-refractivity contribution in [3.8, 4) is 0 Å². The Morgan fingerprint density at radius 1 is 1.28 bits per heavy atom. The molecule has 0 radical (unpaired) electrons. The Balaban J connectivity index is 1.63. The van der Waals surface area contributed by atoms with Crippen molar-refractivity contribution in [2.24, 2.45) is 0 Å². The molecule has 0 aliphatic rings. The van der Waals surface area contributed by atoms with Crippen LogP contribution in [0.2, 0.25) is 0 Å². The summed E-state index contributed by atoms with van der Waals surface area (Å²) in [6.07, 6.45) is 0. The molecular formula is C19H18N4O5S. The third-order valence-corrected chi connectivity index (χ3v) is 5.19. The van der Waals surface area contributed by atoms with E-state index in [1.807, 2.05) is 24.3 Å². The number of non-ortho nitro benzene ring substituents is 1. The number of likely N-dealkylation sites (N-methyl/N-ethyl adjacent to an activating group) is 1. The molecule has 0 aliphatic heterocycles. The Labute approximate surface area is 170 Å². The highest BCUT2D eigenvalue weighted by Crippen LogP contribution is 2.24. The first-order valence-electron chi connectivity index (χ1n) is 8.60. The number of rotatable bonds is 7. The van der Waals surface area contributed by atoms with Crippen LogP contribution in [0.15, 0.2) is 42.5 Å². The first-order valence-corrected chi connectivity index (χ1v) is 9.42. The van der Waals surface area contributed by atoms with Gasteiger partial charge in [-0.25, -0.2) is 9.78 Å². The quantitative estimate of drug-likeness (QED) is 0.359. The fraction of sp³-hybridized carbons (Fsp3) is 0.211. The van der Waals surface area contributed by atoms with Gasteiger partial charge in [0.05, 0.1) is 27.2 Å². The monoisotopic (exact) mass is 414 g/mol. The molecule has 0 atom stereocenters. The summed E-state index contributed by atoms with van der Waals surface area (Å²) in [5.41, 5.74) is 0.986. The van der Waals surface area contributed by atoms with Crippen molar-refractivity contribution in [3.05, 3.63) is 63.1 Å². The zero-order chi connectivity index (χ0) is 21.0. The molecule has 2 aromatic carbocycles. The fourth-order valence-corrected chi connectivity index (χ4v) is 3.65. The maximum absolute atomic E-state index is 12.3. The lowest BCUT2D eigenvalue weighted by atomic mass is 10.1. The third-order valence-electron chi connectivity index (χ3n) is 4.17. The standard InChI is InChI=1S/C19H18N4O5S/c1-20-14-8-7-12(23(26)27)9-13(14)19(25)28-11-18(24)22(2)10-17-21-15-5-3-4-6-16(15)29-17/h3-9,20H,10-11H2,1-2H3. The molecule has 3 rings (SSSR count). The lowest BCUT2D eigenvalue weighted by molar-refractivity contribution is -0.384. The Morgan fingerprint density at radius 2 is 2.03 bits per heavy atom. The van der Waals surface area contributed by atoms with E-state index in [0.717, 1.165) is 21.3 Å². The molecule has 9 nitrogen and oxygen atoms in total. The van der Waals surface area contributed by atoms with Gasteiger partial charge in [0.15, 0.2) is 6.61 Å². The summed E-state index contributed by atoms with van der Waals surface area (Å²) >= 11 is 1.49. The van der Waals surface area contributed by atoms with Gasteiger partial charge in [-0.2, -0.15) is 0 Å². The molecule has 150 valence electrons. The number of hydrogen-bond donors (Lipinski definition) is 1. The van der Waals surface area contributed by atoms with Crippen LogP contribution < -0.4 is 5.32 Å². The normalized spacial score (nSPS) is 10.6. The zero-order valence-corrected chi connectivity index (χ0v) is 16.6. The van der Waals surface area contributed by atoms with E-state index in [1.54, 1.807) is 14.1 Å². The van der Waals surface area contributed by atoms with Crippen molar-refractivity contribution in [3.63, 3.8) is 0 Å². The smallest absolute Gasteiger partial charge is 0.341 e. The van der Waals surface area contributed by atoms with Crippen LogP contribution in [-0.4, -0.2) is 47.4 Å². The fourth-order valence-electron chi connectivity index (χ4n) is 2.63. The molecular weight excluding hydrogens is 396 g/mol. The number of esters is 1. The summed E-state index contributed by atoms with van der Waals surface area (Å²) in [6, 6.07) is 11.5. The average Bonchev–Trinajstić information content (AvgIpc) is 3.13. The second-order valence-corrected chi connectivity index (χ2v) is 7.25. The lowest BCUT2D eigenvalue weighted by Crippen LogP contribution is -2.30. The highest BCUT2D eigenvalue weighted by molar-refractivity contribution is 7.18. The number of anilines is 1. The van der Waals surface area contributed by atoms with Gasteiger partial charge in [-0.3, -0.25) is 14.9 Å². The molecule has 0 bridgehead atoms. The van der Waals surface area contributed by atoms with Crippen LogP contribution >= 0.6 is 11.3 Å². The molecule has 3 aromatic rings. The minimum atomic E-state index is -0.820. The Bertz CT molecular complexity index is 1050. The van der Waals surface area contributed by atoms with Crippen LogP contribution in [0.1, 0.15) is 15.4 Å². The van der Waals surface area contributed by atoms with E-state index >= 15 is 0 Å². The minimum Gasteiger partial charge on any atom is -0.452 e. The van der Waals surface area contributed by atoms with Gasteiger partial charge in [0.2, 0.25) is 0 Å². The van der Waals surface area contributed by atoms with Crippen LogP contribution in [0, 0.1) is 10.1 Å². The molecule has 0 saturated carbocycles. The van der Waals surface area contributed by atoms with Gasteiger partial charge in [0, 0.05) is 31.9 Å². The number of hydrogen-bond acceptors (Lipinski definition) is 8. The number of carbonyl (C=O) groups is 2. The Kier molecular flexibility index (Phi) is 6.03. The maximum atomic E-state index is 12.3.